The van der Waals surface area contributed by atoms with E-state index in [2.05, 4.69) is 25.8 Å². The molecular weight excluding hydrogens is 434 g/mol. The lowest BCUT2D eigenvalue weighted by Crippen LogP contribution is -2.31. The minimum atomic E-state index is -0.388. The Balaban J connectivity index is 1.77. The summed E-state index contributed by atoms with van der Waals surface area (Å²) in [6.45, 7) is 14.8. The van der Waals surface area contributed by atoms with E-state index in [0.29, 0.717) is 19.3 Å². The SMILES string of the molecule is C/C(=C\c1csc(C)n1)C1CC2OC2(C)CCCC(C)(C)CC(C)(C)C(=O)CCCC(=O)O1. The molecule has 0 N–H and O–H groups in total. The van der Waals surface area contributed by atoms with Crippen LogP contribution < -0.4 is 0 Å². The van der Waals surface area contributed by atoms with Crippen LogP contribution in [0.25, 0.3) is 6.08 Å². The number of carbonyl (C=O) groups is 2. The topological polar surface area (TPSA) is 68.8 Å². The van der Waals surface area contributed by atoms with Crippen molar-refractivity contribution < 1.29 is 19.1 Å². The predicted octanol–water partition coefficient (Wildman–Crippen LogP) is 6.68. The van der Waals surface area contributed by atoms with Gasteiger partial charge < -0.3 is 9.47 Å². The van der Waals surface area contributed by atoms with Crippen molar-refractivity contribution in [1.82, 2.24) is 4.98 Å². The Hall–Kier alpha value is -1.53. The predicted molar refractivity (Wildman–Crippen MR) is 133 cm³/mol. The lowest BCUT2D eigenvalue weighted by atomic mass is 9.70. The van der Waals surface area contributed by atoms with Crippen molar-refractivity contribution in [2.75, 3.05) is 0 Å². The minimum absolute atomic E-state index is 0.0867. The standard InChI is InChI=1S/C27H41NO4S/c1-18(14-20-16-33-19(2)28-20)21-15-23-27(7,32-23)13-9-12-25(3,4)17-26(5,6)22(29)10-8-11-24(30)31-21/h14,16,21,23H,8-13,15,17H2,1-7H3/b18-14+. The second-order valence-corrected chi connectivity index (χ2v) is 12.7. The van der Waals surface area contributed by atoms with E-state index in [0.717, 1.165) is 42.0 Å². The van der Waals surface area contributed by atoms with Crippen molar-refractivity contribution in [3.8, 4) is 0 Å². The molecule has 2 aliphatic heterocycles. The molecule has 0 radical (unpaired) electrons. The fourth-order valence-electron chi connectivity index (χ4n) is 5.35. The number of aryl methyl sites for hydroxylation is 1. The second kappa shape index (κ2) is 9.99. The number of esters is 1. The van der Waals surface area contributed by atoms with Crippen LogP contribution in [0.5, 0.6) is 0 Å². The van der Waals surface area contributed by atoms with E-state index in [-0.39, 0.29) is 46.8 Å². The highest BCUT2D eigenvalue weighted by Crippen LogP contribution is 2.46. The molecule has 2 aliphatic rings. The molecule has 0 bridgehead atoms. The third-order valence-electron chi connectivity index (χ3n) is 7.24. The van der Waals surface area contributed by atoms with Crippen molar-refractivity contribution in [2.24, 2.45) is 10.8 Å². The second-order valence-electron chi connectivity index (χ2n) is 11.7. The number of epoxide rings is 1. The maximum atomic E-state index is 12.9. The Morgan fingerprint density at radius 3 is 2.52 bits per heavy atom. The van der Waals surface area contributed by atoms with Gasteiger partial charge in [-0.1, -0.05) is 27.7 Å². The first kappa shape index (κ1) is 26.1. The van der Waals surface area contributed by atoms with Gasteiger partial charge in [-0.05, 0) is 69.9 Å². The maximum Gasteiger partial charge on any atom is 0.306 e. The van der Waals surface area contributed by atoms with Gasteiger partial charge in [0, 0.05) is 30.1 Å². The number of hydrogen-bond acceptors (Lipinski definition) is 6. The number of hydrogen-bond donors (Lipinski definition) is 0. The molecule has 3 unspecified atom stereocenters. The zero-order valence-electron chi connectivity index (χ0n) is 21.5. The summed E-state index contributed by atoms with van der Waals surface area (Å²) >= 11 is 1.61. The molecule has 0 aromatic carbocycles. The molecule has 0 amide bonds. The Kier molecular flexibility index (Phi) is 7.89. The van der Waals surface area contributed by atoms with Crippen molar-refractivity contribution in [2.45, 2.75) is 118 Å². The number of fused-ring (bicyclic) bond motifs is 1. The molecule has 184 valence electrons. The van der Waals surface area contributed by atoms with Crippen molar-refractivity contribution in [1.29, 1.82) is 0 Å². The molecule has 33 heavy (non-hydrogen) atoms. The number of ketones is 1. The summed E-state index contributed by atoms with van der Waals surface area (Å²) < 4.78 is 12.1. The highest BCUT2D eigenvalue weighted by molar-refractivity contribution is 7.09. The molecule has 0 saturated carbocycles. The fourth-order valence-corrected chi connectivity index (χ4v) is 5.92. The molecule has 5 nitrogen and oxygen atoms in total. The quantitative estimate of drug-likeness (QED) is 0.352. The monoisotopic (exact) mass is 475 g/mol. The summed E-state index contributed by atoms with van der Waals surface area (Å²) in [7, 11) is 0. The number of carbonyl (C=O) groups excluding carboxylic acids is 2. The van der Waals surface area contributed by atoms with Crippen LogP contribution in [0.4, 0.5) is 0 Å². The van der Waals surface area contributed by atoms with Crippen LogP contribution in [0.15, 0.2) is 11.0 Å². The van der Waals surface area contributed by atoms with Crippen LogP contribution in [0.1, 0.15) is 104 Å². The van der Waals surface area contributed by atoms with Gasteiger partial charge in [0.1, 0.15) is 11.9 Å². The van der Waals surface area contributed by atoms with Gasteiger partial charge in [-0.3, -0.25) is 9.59 Å². The van der Waals surface area contributed by atoms with Crippen LogP contribution >= 0.6 is 11.3 Å². The normalized spacial score (nSPS) is 31.5. The lowest BCUT2D eigenvalue weighted by Gasteiger charge is -2.34. The van der Waals surface area contributed by atoms with Crippen molar-refractivity contribution in [3.05, 3.63) is 21.7 Å². The summed E-state index contributed by atoms with van der Waals surface area (Å²) in [5.41, 5.74) is 1.41. The van der Waals surface area contributed by atoms with E-state index < -0.39 is 0 Å². The van der Waals surface area contributed by atoms with Gasteiger partial charge in [0.2, 0.25) is 0 Å². The number of ether oxygens (including phenoxy) is 2. The van der Waals surface area contributed by atoms with Crippen LogP contribution in [-0.4, -0.2) is 34.5 Å². The molecular formula is C27H41NO4S. The molecule has 2 saturated heterocycles. The van der Waals surface area contributed by atoms with Gasteiger partial charge in [-0.25, -0.2) is 4.98 Å². The first-order valence-corrected chi connectivity index (χ1v) is 13.2. The van der Waals surface area contributed by atoms with E-state index in [1.165, 1.54) is 0 Å². The Bertz CT molecular complexity index is 900. The Morgan fingerprint density at radius 2 is 1.85 bits per heavy atom. The highest BCUT2D eigenvalue weighted by atomic mass is 32.1. The minimum Gasteiger partial charge on any atom is -0.458 e. The van der Waals surface area contributed by atoms with E-state index in [1.807, 2.05) is 39.2 Å². The van der Waals surface area contributed by atoms with E-state index in [4.69, 9.17) is 9.47 Å². The largest absolute Gasteiger partial charge is 0.458 e. The van der Waals surface area contributed by atoms with E-state index >= 15 is 0 Å². The van der Waals surface area contributed by atoms with Gasteiger partial charge in [-0.2, -0.15) is 0 Å². The smallest absolute Gasteiger partial charge is 0.306 e. The number of aromatic nitrogens is 1. The summed E-state index contributed by atoms with van der Waals surface area (Å²) in [6, 6.07) is 0. The molecule has 0 spiro atoms. The average molecular weight is 476 g/mol. The zero-order valence-corrected chi connectivity index (χ0v) is 22.3. The number of nitrogens with zero attached hydrogens (tertiary/aromatic N) is 1. The molecule has 2 fully saturated rings. The zero-order chi connectivity index (χ0) is 24.4. The lowest BCUT2D eigenvalue weighted by molar-refractivity contribution is -0.148. The van der Waals surface area contributed by atoms with Crippen molar-refractivity contribution >= 4 is 29.2 Å². The number of rotatable bonds is 2. The average Bonchev–Trinajstić information content (AvgIpc) is 3.12. The number of cyclic esters (lactones) is 1. The molecule has 6 heteroatoms. The highest BCUT2D eigenvalue weighted by Gasteiger charge is 2.52. The molecule has 3 heterocycles. The Labute approximate surface area is 203 Å². The van der Waals surface area contributed by atoms with Gasteiger partial charge in [0.15, 0.2) is 0 Å². The van der Waals surface area contributed by atoms with Gasteiger partial charge in [0.05, 0.1) is 22.4 Å². The molecule has 1 aromatic heterocycles. The van der Waals surface area contributed by atoms with Crippen LogP contribution in [0, 0.1) is 17.8 Å². The third-order valence-corrected chi connectivity index (χ3v) is 8.04. The number of Topliss-reactive ketones (excluding diaryl/α,β-unsaturated/α-hetero) is 1. The van der Waals surface area contributed by atoms with E-state index in [9.17, 15) is 9.59 Å². The van der Waals surface area contributed by atoms with Gasteiger partial charge in [0.25, 0.3) is 0 Å². The summed E-state index contributed by atoms with van der Waals surface area (Å²) in [5, 5.41) is 3.03. The first-order valence-electron chi connectivity index (χ1n) is 12.3. The fraction of sp³-hybridized carbons (Fsp3) is 0.741. The van der Waals surface area contributed by atoms with Crippen LogP contribution in [0.2, 0.25) is 0 Å². The van der Waals surface area contributed by atoms with Crippen LogP contribution in [-0.2, 0) is 19.1 Å². The molecule has 3 rings (SSSR count). The molecule has 0 aliphatic carbocycles. The summed E-state index contributed by atoms with van der Waals surface area (Å²) in [5.74, 6) is -0.0119. The van der Waals surface area contributed by atoms with Crippen molar-refractivity contribution in [3.63, 3.8) is 0 Å². The number of thiazole rings is 1. The first-order chi connectivity index (χ1) is 15.3. The summed E-state index contributed by atoms with van der Waals surface area (Å²) in [6.07, 6.45) is 7.56. The molecule has 1 aromatic rings. The van der Waals surface area contributed by atoms with E-state index in [1.54, 1.807) is 11.3 Å². The third kappa shape index (κ3) is 7.22. The van der Waals surface area contributed by atoms with Gasteiger partial charge in [-0.15, -0.1) is 11.3 Å². The maximum absolute atomic E-state index is 12.9. The summed E-state index contributed by atoms with van der Waals surface area (Å²) in [4.78, 5) is 30.1. The van der Waals surface area contributed by atoms with Gasteiger partial charge >= 0.3 is 5.97 Å². The van der Waals surface area contributed by atoms with Crippen LogP contribution in [0.3, 0.4) is 0 Å². The Morgan fingerprint density at radius 1 is 1.12 bits per heavy atom. The molecule has 3 atom stereocenters.